The molecule has 0 saturated carbocycles. The molecule has 31 heavy (non-hydrogen) atoms. The fourth-order valence-electron chi connectivity index (χ4n) is 2.72. The maximum absolute atomic E-state index is 12.6. The molecule has 0 fully saturated rings. The highest BCUT2D eigenvalue weighted by Gasteiger charge is 2.29. The van der Waals surface area contributed by atoms with Crippen LogP contribution in [0.2, 0.25) is 0 Å². The average Bonchev–Trinajstić information content (AvgIpc) is 2.75. The van der Waals surface area contributed by atoms with Gasteiger partial charge in [0.15, 0.2) is 6.10 Å². The number of benzene rings is 2. The number of carboxylic acid groups (broad SMARTS) is 1. The molecule has 0 aliphatic heterocycles. The Kier molecular flexibility index (Phi) is 10.0. The third kappa shape index (κ3) is 8.05. The molecule has 3 N–H and O–H groups in total. The molecule has 0 spiro atoms. The molecule has 1 amide bonds. The van der Waals surface area contributed by atoms with Gasteiger partial charge in [-0.05, 0) is 43.3 Å². The number of carbonyl (C=O) groups is 2. The number of aliphatic hydroxyl groups is 1. The molecule has 0 bridgehead atoms. The Hall–Kier alpha value is -2.88. The van der Waals surface area contributed by atoms with Gasteiger partial charge in [0, 0.05) is 28.4 Å². The van der Waals surface area contributed by atoms with Crippen molar-refractivity contribution >= 4 is 33.7 Å². The second-order valence-corrected chi connectivity index (χ2v) is 7.10. The van der Waals surface area contributed by atoms with Gasteiger partial charge in [-0.3, -0.25) is 5.32 Å². The van der Waals surface area contributed by atoms with Crippen LogP contribution < -0.4 is 10.1 Å². The van der Waals surface area contributed by atoms with E-state index >= 15 is 0 Å². The summed E-state index contributed by atoms with van der Waals surface area (Å²) >= 11 is 3.33. The van der Waals surface area contributed by atoms with E-state index < -0.39 is 24.3 Å². The van der Waals surface area contributed by atoms with Crippen molar-refractivity contribution in [2.75, 3.05) is 25.1 Å². The third-order valence-corrected chi connectivity index (χ3v) is 4.51. The molecule has 0 radical (unpaired) electrons. The number of ether oxygens (including phenoxy) is 3. The number of aliphatic carboxylic acids is 1. The number of halogens is 1. The van der Waals surface area contributed by atoms with Crippen molar-refractivity contribution in [3.63, 3.8) is 0 Å². The number of nitrogens with one attached hydrogen (secondary N) is 1. The minimum absolute atomic E-state index is 0.0408. The SMILES string of the molecule is CCO[C@@H](/C=C/C(=O)O)[C@@H](OC(=O)Nc1ccc(Br)cc1)c1ccccc1OCCO. The number of rotatable bonds is 11. The van der Waals surface area contributed by atoms with Crippen LogP contribution in [-0.4, -0.2) is 48.2 Å². The molecule has 0 unspecified atom stereocenters. The fraction of sp³-hybridized carbons (Fsp3) is 0.273. The van der Waals surface area contributed by atoms with Gasteiger partial charge < -0.3 is 24.4 Å². The van der Waals surface area contributed by atoms with E-state index in [1.165, 1.54) is 6.08 Å². The maximum atomic E-state index is 12.6. The van der Waals surface area contributed by atoms with Crippen molar-refractivity contribution in [3.05, 3.63) is 70.7 Å². The Balaban J connectivity index is 2.35. The summed E-state index contributed by atoms with van der Waals surface area (Å²) in [4.78, 5) is 23.7. The van der Waals surface area contributed by atoms with Crippen LogP contribution in [0.5, 0.6) is 5.75 Å². The number of carboxylic acids is 1. The van der Waals surface area contributed by atoms with Crippen LogP contribution >= 0.6 is 15.9 Å². The number of aliphatic hydroxyl groups excluding tert-OH is 1. The number of para-hydroxylation sites is 1. The maximum Gasteiger partial charge on any atom is 0.412 e. The zero-order valence-electron chi connectivity index (χ0n) is 16.9. The monoisotopic (exact) mass is 493 g/mol. The molecular formula is C22H24BrNO7. The second kappa shape index (κ2) is 12.7. The first kappa shape index (κ1) is 24.4. The molecule has 0 heterocycles. The summed E-state index contributed by atoms with van der Waals surface area (Å²) in [5.41, 5.74) is 0.987. The van der Waals surface area contributed by atoms with Gasteiger partial charge in [-0.15, -0.1) is 0 Å². The van der Waals surface area contributed by atoms with Crippen molar-refractivity contribution in [3.8, 4) is 5.75 Å². The first-order valence-corrected chi connectivity index (χ1v) is 10.3. The van der Waals surface area contributed by atoms with Crippen molar-refractivity contribution in [2.24, 2.45) is 0 Å². The molecular weight excluding hydrogens is 470 g/mol. The summed E-state index contributed by atoms with van der Waals surface area (Å²) in [6.07, 6.45) is -0.415. The van der Waals surface area contributed by atoms with Crippen LogP contribution in [0.25, 0.3) is 0 Å². The fourth-order valence-corrected chi connectivity index (χ4v) is 2.98. The summed E-state index contributed by atoms with van der Waals surface area (Å²) in [5.74, 6) is -0.779. The topological polar surface area (TPSA) is 114 Å². The molecule has 166 valence electrons. The normalized spacial score (nSPS) is 12.9. The lowest BCUT2D eigenvalue weighted by atomic mass is 10.0. The zero-order chi connectivity index (χ0) is 22.6. The van der Waals surface area contributed by atoms with E-state index in [2.05, 4.69) is 21.2 Å². The van der Waals surface area contributed by atoms with Gasteiger partial charge >= 0.3 is 12.1 Å². The van der Waals surface area contributed by atoms with E-state index in [1.807, 2.05) is 0 Å². The number of hydrogen-bond donors (Lipinski definition) is 3. The largest absolute Gasteiger partial charge is 0.491 e. The van der Waals surface area contributed by atoms with Gasteiger partial charge in [0.05, 0.1) is 6.61 Å². The molecule has 0 aliphatic carbocycles. The molecule has 2 rings (SSSR count). The third-order valence-electron chi connectivity index (χ3n) is 3.99. The molecule has 2 aromatic rings. The minimum Gasteiger partial charge on any atom is -0.491 e. The molecule has 0 saturated heterocycles. The highest BCUT2D eigenvalue weighted by molar-refractivity contribution is 9.10. The van der Waals surface area contributed by atoms with Gasteiger partial charge in [0.25, 0.3) is 0 Å². The molecule has 0 aliphatic rings. The molecule has 2 aromatic carbocycles. The average molecular weight is 494 g/mol. The first-order chi connectivity index (χ1) is 14.9. The summed E-state index contributed by atoms with van der Waals surface area (Å²) in [7, 11) is 0. The predicted octanol–water partition coefficient (Wildman–Crippen LogP) is 4.16. The Morgan fingerprint density at radius 3 is 2.52 bits per heavy atom. The number of amides is 1. The van der Waals surface area contributed by atoms with Gasteiger partial charge in [-0.2, -0.15) is 0 Å². The van der Waals surface area contributed by atoms with Gasteiger partial charge in [0.2, 0.25) is 0 Å². The quantitative estimate of drug-likeness (QED) is 0.402. The van der Waals surface area contributed by atoms with Crippen LogP contribution in [0.4, 0.5) is 10.5 Å². The zero-order valence-corrected chi connectivity index (χ0v) is 18.4. The second-order valence-electron chi connectivity index (χ2n) is 6.19. The summed E-state index contributed by atoms with van der Waals surface area (Å²) in [5, 5.41) is 20.8. The lowest BCUT2D eigenvalue weighted by molar-refractivity contribution is -0.131. The molecule has 9 heteroatoms. The Morgan fingerprint density at radius 2 is 1.87 bits per heavy atom. The van der Waals surface area contributed by atoms with E-state index in [-0.39, 0.29) is 19.8 Å². The van der Waals surface area contributed by atoms with E-state index in [0.29, 0.717) is 17.0 Å². The first-order valence-electron chi connectivity index (χ1n) is 9.53. The standard InChI is InChI=1S/C22H24BrNO7/c1-2-29-19(11-12-20(26)27)21(17-5-3-4-6-18(17)30-14-13-25)31-22(28)24-16-9-7-15(23)8-10-16/h3-12,19,21,25H,2,13-14H2,1H3,(H,24,28)(H,26,27)/b12-11+/t19-,21-/m0/s1. The van der Waals surface area contributed by atoms with Crippen molar-refractivity contribution in [2.45, 2.75) is 19.1 Å². The number of carbonyl (C=O) groups excluding carboxylic acids is 1. The minimum atomic E-state index is -1.16. The lowest BCUT2D eigenvalue weighted by Crippen LogP contribution is -2.28. The number of anilines is 1. The van der Waals surface area contributed by atoms with E-state index in [9.17, 15) is 9.59 Å². The lowest BCUT2D eigenvalue weighted by Gasteiger charge is -2.26. The van der Waals surface area contributed by atoms with Crippen molar-refractivity contribution in [1.29, 1.82) is 0 Å². The Bertz CT molecular complexity index is 886. The van der Waals surface area contributed by atoms with Crippen molar-refractivity contribution in [1.82, 2.24) is 0 Å². The predicted molar refractivity (Wildman–Crippen MR) is 118 cm³/mol. The van der Waals surface area contributed by atoms with Crippen LogP contribution in [0.15, 0.2) is 65.2 Å². The molecule has 2 atom stereocenters. The summed E-state index contributed by atoms with van der Waals surface area (Å²) < 4.78 is 17.8. The van der Waals surface area contributed by atoms with Crippen LogP contribution in [0.3, 0.4) is 0 Å². The van der Waals surface area contributed by atoms with Crippen LogP contribution in [-0.2, 0) is 14.3 Å². The number of hydrogen-bond acceptors (Lipinski definition) is 6. The van der Waals surface area contributed by atoms with Crippen molar-refractivity contribution < 1.29 is 34.0 Å². The Morgan fingerprint density at radius 1 is 1.16 bits per heavy atom. The van der Waals surface area contributed by atoms with Gasteiger partial charge in [-0.1, -0.05) is 34.1 Å². The molecule has 8 nitrogen and oxygen atoms in total. The van der Waals surface area contributed by atoms with Crippen LogP contribution in [0, 0.1) is 0 Å². The van der Waals surface area contributed by atoms with Gasteiger partial charge in [-0.25, -0.2) is 9.59 Å². The highest BCUT2D eigenvalue weighted by Crippen LogP contribution is 2.33. The van der Waals surface area contributed by atoms with Crippen LogP contribution in [0.1, 0.15) is 18.6 Å². The van der Waals surface area contributed by atoms with E-state index in [1.54, 1.807) is 55.5 Å². The highest BCUT2D eigenvalue weighted by atomic mass is 79.9. The van der Waals surface area contributed by atoms with Gasteiger partial charge in [0.1, 0.15) is 18.5 Å². The summed E-state index contributed by atoms with van der Waals surface area (Å²) in [6, 6.07) is 13.7. The Labute approximate surface area is 188 Å². The van der Waals surface area contributed by atoms with E-state index in [4.69, 9.17) is 24.4 Å². The van der Waals surface area contributed by atoms with E-state index in [0.717, 1.165) is 10.5 Å². The summed E-state index contributed by atoms with van der Waals surface area (Å²) in [6.45, 7) is 1.84. The smallest absolute Gasteiger partial charge is 0.412 e. The molecule has 0 aromatic heterocycles.